The van der Waals surface area contributed by atoms with Crippen LogP contribution in [0.2, 0.25) is 0 Å². The number of benzene rings is 1. The van der Waals surface area contributed by atoms with E-state index in [9.17, 15) is 13.2 Å². The molecule has 0 bridgehead atoms. The summed E-state index contributed by atoms with van der Waals surface area (Å²) in [4.78, 5) is 0. The number of aromatic nitrogens is 2. The van der Waals surface area contributed by atoms with Gasteiger partial charge in [0.25, 0.3) is 0 Å². The Morgan fingerprint density at radius 3 is 2.63 bits per heavy atom. The molecule has 0 fully saturated rings. The van der Waals surface area contributed by atoms with Gasteiger partial charge in [0, 0.05) is 5.56 Å². The number of nitrogens with one attached hydrogen (secondary N) is 1. The number of nitrogens with two attached hydrogens (primary N) is 1. The van der Waals surface area contributed by atoms with E-state index in [1.807, 2.05) is 0 Å². The van der Waals surface area contributed by atoms with Crippen molar-refractivity contribution < 1.29 is 13.2 Å². The summed E-state index contributed by atoms with van der Waals surface area (Å²) in [5, 5.41) is 6.34. The standard InChI is InChI=1S/C13H12F3N3/c1-2-10(11-7-18-19-12(11)17)8-4-3-5-9(6-8)13(14,15)16/h2-7H,1H3,(H3,17,18,19). The Morgan fingerprint density at radius 2 is 2.11 bits per heavy atom. The average Bonchev–Trinajstić information content (AvgIpc) is 2.76. The molecule has 0 aliphatic heterocycles. The van der Waals surface area contributed by atoms with Crippen molar-refractivity contribution in [1.82, 2.24) is 10.2 Å². The molecule has 2 rings (SSSR count). The molecule has 1 aromatic heterocycles. The summed E-state index contributed by atoms with van der Waals surface area (Å²) in [6.45, 7) is 1.74. The summed E-state index contributed by atoms with van der Waals surface area (Å²) in [6.07, 6.45) is -1.17. The van der Waals surface area contributed by atoms with Crippen LogP contribution < -0.4 is 5.73 Å². The molecule has 3 N–H and O–H groups in total. The highest BCUT2D eigenvalue weighted by Crippen LogP contribution is 2.33. The van der Waals surface area contributed by atoms with E-state index in [0.717, 1.165) is 12.1 Å². The first-order valence-electron chi connectivity index (χ1n) is 5.56. The Hall–Kier alpha value is -2.24. The third-order valence-electron chi connectivity index (χ3n) is 2.75. The summed E-state index contributed by atoms with van der Waals surface area (Å²) in [5.41, 5.74) is 6.65. The number of H-pyrrole nitrogens is 1. The zero-order valence-corrected chi connectivity index (χ0v) is 10.1. The minimum absolute atomic E-state index is 0.325. The van der Waals surface area contributed by atoms with Gasteiger partial charge in [0.05, 0.1) is 11.8 Å². The smallest absolute Gasteiger partial charge is 0.384 e. The van der Waals surface area contributed by atoms with Gasteiger partial charge in [-0.2, -0.15) is 18.3 Å². The fourth-order valence-corrected chi connectivity index (χ4v) is 1.85. The molecule has 0 saturated carbocycles. The molecule has 0 radical (unpaired) electrons. The quantitative estimate of drug-likeness (QED) is 0.875. The Morgan fingerprint density at radius 1 is 1.37 bits per heavy atom. The van der Waals surface area contributed by atoms with Gasteiger partial charge >= 0.3 is 6.18 Å². The van der Waals surface area contributed by atoms with Crippen LogP contribution in [0.1, 0.15) is 23.6 Å². The number of nitrogen functional groups attached to an aromatic ring is 1. The van der Waals surface area contributed by atoms with E-state index < -0.39 is 11.7 Å². The molecule has 0 saturated heterocycles. The van der Waals surface area contributed by atoms with Crippen LogP contribution in [0.5, 0.6) is 0 Å². The lowest BCUT2D eigenvalue weighted by molar-refractivity contribution is -0.137. The highest BCUT2D eigenvalue weighted by atomic mass is 19.4. The van der Waals surface area contributed by atoms with E-state index in [0.29, 0.717) is 22.5 Å². The van der Waals surface area contributed by atoms with Gasteiger partial charge in [-0.05, 0) is 30.2 Å². The van der Waals surface area contributed by atoms with E-state index >= 15 is 0 Å². The predicted octanol–water partition coefficient (Wildman–Crippen LogP) is 3.46. The van der Waals surface area contributed by atoms with E-state index in [1.54, 1.807) is 19.1 Å². The van der Waals surface area contributed by atoms with Crippen molar-refractivity contribution in [2.45, 2.75) is 13.1 Å². The molecular weight excluding hydrogens is 255 g/mol. The maximum atomic E-state index is 12.7. The SMILES string of the molecule is CC=C(c1cccc(C(F)(F)F)c1)c1cn[nH]c1N. The molecule has 0 atom stereocenters. The number of anilines is 1. The fraction of sp³-hybridized carbons (Fsp3) is 0.154. The van der Waals surface area contributed by atoms with E-state index in [1.165, 1.54) is 12.3 Å². The van der Waals surface area contributed by atoms with Gasteiger partial charge in [-0.25, -0.2) is 0 Å². The van der Waals surface area contributed by atoms with E-state index in [4.69, 9.17) is 5.73 Å². The van der Waals surface area contributed by atoms with E-state index in [2.05, 4.69) is 10.2 Å². The number of hydrogen-bond donors (Lipinski definition) is 2. The van der Waals surface area contributed by atoms with Crippen LogP contribution in [0.25, 0.3) is 5.57 Å². The van der Waals surface area contributed by atoms with Crippen molar-refractivity contribution in [2.75, 3.05) is 5.73 Å². The second-order valence-electron chi connectivity index (χ2n) is 3.98. The first-order valence-corrected chi connectivity index (χ1v) is 5.56. The summed E-state index contributed by atoms with van der Waals surface area (Å²) < 4.78 is 38.1. The average molecular weight is 267 g/mol. The normalized spacial score (nSPS) is 12.7. The van der Waals surface area contributed by atoms with Crippen molar-refractivity contribution in [1.29, 1.82) is 0 Å². The molecule has 1 aromatic carbocycles. The number of hydrogen-bond acceptors (Lipinski definition) is 2. The predicted molar refractivity (Wildman–Crippen MR) is 67.2 cm³/mol. The first-order chi connectivity index (χ1) is 8.93. The van der Waals surface area contributed by atoms with Crippen LogP contribution >= 0.6 is 0 Å². The molecule has 0 aliphatic rings. The monoisotopic (exact) mass is 267 g/mol. The molecule has 0 spiro atoms. The third-order valence-corrected chi connectivity index (χ3v) is 2.75. The Kier molecular flexibility index (Phi) is 3.33. The number of halogens is 3. The number of allylic oxidation sites excluding steroid dienone is 1. The number of alkyl halides is 3. The van der Waals surface area contributed by atoms with Crippen molar-refractivity contribution >= 4 is 11.4 Å². The van der Waals surface area contributed by atoms with Crippen LogP contribution in [-0.4, -0.2) is 10.2 Å². The minimum atomic E-state index is -4.36. The molecule has 0 unspecified atom stereocenters. The highest BCUT2D eigenvalue weighted by molar-refractivity contribution is 5.84. The van der Waals surface area contributed by atoms with Crippen LogP contribution in [0, 0.1) is 0 Å². The molecule has 6 heteroatoms. The topological polar surface area (TPSA) is 54.7 Å². The highest BCUT2D eigenvalue weighted by Gasteiger charge is 2.30. The minimum Gasteiger partial charge on any atom is -0.384 e. The second-order valence-corrected chi connectivity index (χ2v) is 3.98. The molecule has 2 aromatic rings. The summed E-state index contributed by atoms with van der Waals surface area (Å²) >= 11 is 0. The van der Waals surface area contributed by atoms with Crippen LogP contribution in [0.15, 0.2) is 36.5 Å². The summed E-state index contributed by atoms with van der Waals surface area (Å²) in [7, 11) is 0. The Bertz CT molecular complexity index is 612. The van der Waals surface area contributed by atoms with Crippen LogP contribution in [0.4, 0.5) is 19.0 Å². The molecular formula is C13H12F3N3. The van der Waals surface area contributed by atoms with Gasteiger partial charge in [0.15, 0.2) is 0 Å². The van der Waals surface area contributed by atoms with Crippen LogP contribution in [0.3, 0.4) is 0 Å². The maximum absolute atomic E-state index is 12.7. The molecule has 19 heavy (non-hydrogen) atoms. The Labute approximate surface area is 107 Å². The molecule has 0 amide bonds. The van der Waals surface area contributed by atoms with Gasteiger partial charge in [-0.1, -0.05) is 18.2 Å². The van der Waals surface area contributed by atoms with Gasteiger partial charge in [0.1, 0.15) is 5.82 Å². The van der Waals surface area contributed by atoms with Gasteiger partial charge < -0.3 is 5.73 Å². The number of rotatable bonds is 2. The number of aromatic amines is 1. The van der Waals surface area contributed by atoms with Gasteiger partial charge in [0.2, 0.25) is 0 Å². The van der Waals surface area contributed by atoms with Crippen molar-refractivity contribution in [3.63, 3.8) is 0 Å². The zero-order chi connectivity index (χ0) is 14.0. The van der Waals surface area contributed by atoms with Gasteiger partial charge in [-0.3, -0.25) is 5.10 Å². The lowest BCUT2D eigenvalue weighted by Gasteiger charge is -2.11. The molecule has 100 valence electrons. The van der Waals surface area contributed by atoms with E-state index in [-0.39, 0.29) is 0 Å². The molecule has 3 nitrogen and oxygen atoms in total. The number of nitrogens with zero attached hydrogens (tertiary/aromatic N) is 1. The van der Waals surface area contributed by atoms with Crippen molar-refractivity contribution in [3.05, 3.63) is 53.2 Å². The fourth-order valence-electron chi connectivity index (χ4n) is 1.85. The lowest BCUT2D eigenvalue weighted by Crippen LogP contribution is -2.05. The summed E-state index contributed by atoms with van der Waals surface area (Å²) in [6, 6.07) is 5.12. The zero-order valence-electron chi connectivity index (χ0n) is 10.1. The van der Waals surface area contributed by atoms with Crippen molar-refractivity contribution in [3.8, 4) is 0 Å². The lowest BCUT2D eigenvalue weighted by atomic mass is 9.98. The second kappa shape index (κ2) is 4.79. The summed E-state index contributed by atoms with van der Waals surface area (Å²) in [5.74, 6) is 0.325. The first kappa shape index (κ1) is 13.2. The Balaban J connectivity index is 2.49. The maximum Gasteiger partial charge on any atom is 0.416 e. The van der Waals surface area contributed by atoms with Crippen molar-refractivity contribution in [2.24, 2.45) is 0 Å². The van der Waals surface area contributed by atoms with Gasteiger partial charge in [-0.15, -0.1) is 0 Å². The largest absolute Gasteiger partial charge is 0.416 e. The molecule has 0 aliphatic carbocycles. The van der Waals surface area contributed by atoms with Crippen LogP contribution in [-0.2, 0) is 6.18 Å². The molecule has 1 heterocycles. The third kappa shape index (κ3) is 2.62.